The van der Waals surface area contributed by atoms with E-state index in [9.17, 15) is 0 Å². The third-order valence-corrected chi connectivity index (χ3v) is 0.660. The quantitative estimate of drug-likeness (QED) is 0.445. The molecule has 1 N–H and O–H groups in total. The largest absolute Gasteiger partial charge is 0.389 e. The van der Waals surface area contributed by atoms with Crippen LogP contribution in [-0.4, -0.2) is 22.4 Å². The van der Waals surface area contributed by atoms with E-state index in [-0.39, 0.29) is 0 Å². The second-order valence-corrected chi connectivity index (χ2v) is 2.40. The molecule has 0 saturated heterocycles. The zero-order valence-corrected chi connectivity index (χ0v) is 5.83. The van der Waals surface area contributed by atoms with Crippen LogP contribution < -0.4 is 0 Å². The number of aliphatic hydroxyl groups is 1. The van der Waals surface area contributed by atoms with Crippen molar-refractivity contribution < 1.29 is 5.11 Å². The van der Waals surface area contributed by atoms with Gasteiger partial charge >= 0.3 is 0 Å². The van der Waals surface area contributed by atoms with Crippen LogP contribution in [0.5, 0.6) is 0 Å². The summed E-state index contributed by atoms with van der Waals surface area (Å²) >= 11 is 4.29. The van der Waals surface area contributed by atoms with Gasteiger partial charge in [0.1, 0.15) is 0 Å². The molecule has 0 aliphatic carbocycles. The van der Waals surface area contributed by atoms with Gasteiger partial charge in [0.05, 0.1) is 17.3 Å². The minimum absolute atomic E-state index is 0.330. The molecule has 0 unspecified atom stereocenters. The molecule has 46 valence electrons. The predicted molar refractivity (Wildman–Crippen MR) is 36.2 cm³/mol. The summed E-state index contributed by atoms with van der Waals surface area (Å²) in [6, 6.07) is 0. The van der Waals surface area contributed by atoms with E-state index < -0.39 is 5.60 Å². The van der Waals surface area contributed by atoms with Gasteiger partial charge < -0.3 is 5.11 Å². The van der Waals surface area contributed by atoms with Gasteiger partial charge in [-0.2, -0.15) is 0 Å². The lowest BCUT2D eigenvalue weighted by molar-refractivity contribution is 0.0906. The molecule has 0 heterocycles. The lowest BCUT2D eigenvalue weighted by Gasteiger charge is -2.11. The van der Waals surface area contributed by atoms with Crippen molar-refractivity contribution in [1.29, 1.82) is 0 Å². The number of aliphatic imine (C=N–C) groups is 1. The lowest BCUT2D eigenvalue weighted by atomic mass is 10.1. The van der Waals surface area contributed by atoms with E-state index in [1.165, 1.54) is 0 Å². The molecule has 0 atom stereocenters. The molecule has 0 bridgehead atoms. The normalized spacial score (nSPS) is 10.4. The number of thiocarbonyl (C=S) groups is 1. The molecule has 0 aromatic carbocycles. The average molecular weight is 131 g/mol. The topological polar surface area (TPSA) is 32.6 Å². The molecule has 2 nitrogen and oxygen atoms in total. The van der Waals surface area contributed by atoms with E-state index >= 15 is 0 Å². The SMILES string of the molecule is CC(C)(O)CN=C=S. The highest BCUT2D eigenvalue weighted by Gasteiger charge is 2.09. The summed E-state index contributed by atoms with van der Waals surface area (Å²) in [5.41, 5.74) is -0.744. The Balaban J connectivity index is 3.55. The molecule has 0 aliphatic rings. The van der Waals surface area contributed by atoms with Gasteiger partial charge in [-0.05, 0) is 26.1 Å². The monoisotopic (exact) mass is 131 g/mol. The van der Waals surface area contributed by atoms with Crippen LogP contribution in [0, 0.1) is 0 Å². The summed E-state index contributed by atoms with van der Waals surface area (Å²) in [4.78, 5) is 3.56. The molecule has 0 aromatic heterocycles. The highest BCUT2D eigenvalue weighted by Crippen LogP contribution is 1.98. The molecule has 0 amide bonds. The summed E-state index contributed by atoms with van der Waals surface area (Å²) < 4.78 is 0. The van der Waals surface area contributed by atoms with Crippen molar-refractivity contribution in [1.82, 2.24) is 0 Å². The fraction of sp³-hybridized carbons (Fsp3) is 0.800. The maximum Gasteiger partial charge on any atom is 0.0794 e. The standard InChI is InChI=1S/C5H9NOS/c1-5(2,7)3-6-4-8/h7H,3H2,1-2H3. The molecule has 0 spiro atoms. The minimum atomic E-state index is -0.744. The van der Waals surface area contributed by atoms with Gasteiger partial charge in [0.2, 0.25) is 0 Å². The fourth-order valence-electron chi connectivity index (χ4n) is 0.226. The molecule has 0 aromatic rings. The first-order valence-corrected chi connectivity index (χ1v) is 2.73. The van der Waals surface area contributed by atoms with Crippen molar-refractivity contribution in [2.24, 2.45) is 4.99 Å². The number of hydrogen-bond acceptors (Lipinski definition) is 3. The van der Waals surface area contributed by atoms with Crippen LogP contribution in [0.4, 0.5) is 0 Å². The van der Waals surface area contributed by atoms with Crippen LogP contribution in [0.15, 0.2) is 4.99 Å². The Kier molecular flexibility index (Phi) is 2.84. The van der Waals surface area contributed by atoms with Gasteiger partial charge in [-0.25, -0.2) is 4.99 Å². The molecular weight excluding hydrogens is 122 g/mol. The summed E-state index contributed by atoms with van der Waals surface area (Å²) in [6.07, 6.45) is 0. The summed E-state index contributed by atoms with van der Waals surface area (Å²) in [6.45, 7) is 3.67. The van der Waals surface area contributed by atoms with Crippen molar-refractivity contribution in [2.75, 3.05) is 6.54 Å². The van der Waals surface area contributed by atoms with E-state index in [1.807, 2.05) is 0 Å². The molecule has 3 heteroatoms. The van der Waals surface area contributed by atoms with E-state index in [2.05, 4.69) is 22.4 Å². The van der Waals surface area contributed by atoms with Crippen molar-refractivity contribution >= 4 is 17.4 Å². The van der Waals surface area contributed by atoms with Gasteiger partial charge in [0.15, 0.2) is 0 Å². The molecular formula is C5H9NOS. The third kappa shape index (κ3) is 5.76. The van der Waals surface area contributed by atoms with Gasteiger partial charge in [0, 0.05) is 0 Å². The van der Waals surface area contributed by atoms with Crippen LogP contribution in [0.25, 0.3) is 0 Å². The molecule has 0 fully saturated rings. The average Bonchev–Trinajstić information content (AvgIpc) is 1.59. The first-order valence-electron chi connectivity index (χ1n) is 2.32. The van der Waals surface area contributed by atoms with E-state index in [0.717, 1.165) is 0 Å². The minimum Gasteiger partial charge on any atom is -0.389 e. The molecule has 0 aliphatic heterocycles. The second-order valence-electron chi connectivity index (χ2n) is 2.22. The Morgan fingerprint density at radius 3 is 2.38 bits per heavy atom. The number of nitrogens with zero attached hydrogens (tertiary/aromatic N) is 1. The van der Waals surface area contributed by atoms with E-state index in [0.29, 0.717) is 6.54 Å². The fourth-order valence-corrected chi connectivity index (χ4v) is 0.290. The Labute approximate surface area is 54.2 Å². The zero-order chi connectivity index (χ0) is 6.62. The Morgan fingerprint density at radius 2 is 2.25 bits per heavy atom. The van der Waals surface area contributed by atoms with Crippen molar-refractivity contribution in [3.05, 3.63) is 0 Å². The molecule has 0 rings (SSSR count). The number of hydrogen-bond donors (Lipinski definition) is 1. The van der Waals surface area contributed by atoms with Crippen LogP contribution in [0.1, 0.15) is 13.8 Å². The highest BCUT2D eigenvalue weighted by atomic mass is 32.1. The Morgan fingerprint density at radius 1 is 1.75 bits per heavy atom. The summed E-state index contributed by atoms with van der Waals surface area (Å²) in [5, 5.41) is 11.1. The molecule has 0 saturated carbocycles. The smallest absolute Gasteiger partial charge is 0.0794 e. The van der Waals surface area contributed by atoms with Gasteiger partial charge in [-0.15, -0.1) is 0 Å². The van der Waals surface area contributed by atoms with Gasteiger partial charge in [-0.3, -0.25) is 0 Å². The van der Waals surface area contributed by atoms with Crippen molar-refractivity contribution in [2.45, 2.75) is 19.4 Å². The highest BCUT2D eigenvalue weighted by molar-refractivity contribution is 7.78. The molecule has 8 heavy (non-hydrogen) atoms. The van der Waals surface area contributed by atoms with Gasteiger partial charge in [-0.1, -0.05) is 0 Å². The van der Waals surface area contributed by atoms with Crippen LogP contribution in [0.2, 0.25) is 0 Å². The van der Waals surface area contributed by atoms with Gasteiger partial charge in [0.25, 0.3) is 0 Å². The third-order valence-electron chi connectivity index (χ3n) is 0.531. The van der Waals surface area contributed by atoms with E-state index in [1.54, 1.807) is 13.8 Å². The molecule has 0 radical (unpaired) electrons. The Hall–Kier alpha value is -0.240. The van der Waals surface area contributed by atoms with Crippen molar-refractivity contribution in [3.63, 3.8) is 0 Å². The number of rotatable bonds is 2. The van der Waals surface area contributed by atoms with Crippen LogP contribution in [-0.2, 0) is 0 Å². The van der Waals surface area contributed by atoms with E-state index in [4.69, 9.17) is 5.11 Å². The summed E-state index contributed by atoms with van der Waals surface area (Å²) in [7, 11) is 0. The second kappa shape index (κ2) is 2.92. The first kappa shape index (κ1) is 7.76. The summed E-state index contributed by atoms with van der Waals surface area (Å²) in [5.74, 6) is 0. The zero-order valence-electron chi connectivity index (χ0n) is 5.01. The maximum atomic E-state index is 8.97. The first-order chi connectivity index (χ1) is 3.56. The maximum absolute atomic E-state index is 8.97. The number of isothiocyanates is 1. The van der Waals surface area contributed by atoms with Crippen LogP contribution >= 0.6 is 12.2 Å². The Bertz CT molecular complexity index is 110. The predicted octanol–water partition coefficient (Wildman–Crippen LogP) is 0.860. The van der Waals surface area contributed by atoms with Crippen LogP contribution in [0.3, 0.4) is 0 Å². The van der Waals surface area contributed by atoms with Crippen molar-refractivity contribution in [3.8, 4) is 0 Å². The lowest BCUT2D eigenvalue weighted by Crippen LogP contribution is -2.22.